The molecule has 1 amide bonds. The standard InChI is InChI=1S/C31H48N2O6/c1-29(2)17-19(11-14-38-29)25(16-28(36)37)32-27(35)18-39-33-21-9-12-30(3)20(15-21)5-6-22-23-7-8-26(34)31(23,4)13-10-24(22)30/h15,19,22-26,34H,5-14,16-18H2,1-4H3,(H,32,35)(H,36,37)/b33-21+/t19-,22+,23+,24-,25+,26+,30+,31+/m1/s1. The average Bonchev–Trinajstić information content (AvgIpc) is 3.17. The van der Waals surface area contributed by atoms with Crippen LogP contribution in [0.5, 0.6) is 0 Å². The van der Waals surface area contributed by atoms with E-state index in [2.05, 4.69) is 30.4 Å². The van der Waals surface area contributed by atoms with Gasteiger partial charge < -0.3 is 25.1 Å². The molecule has 8 nitrogen and oxygen atoms in total. The predicted octanol–water partition coefficient (Wildman–Crippen LogP) is 4.85. The van der Waals surface area contributed by atoms with Gasteiger partial charge in [-0.3, -0.25) is 9.59 Å². The number of oxime groups is 1. The summed E-state index contributed by atoms with van der Waals surface area (Å²) in [4.78, 5) is 29.7. The van der Waals surface area contributed by atoms with Crippen LogP contribution in [0, 0.1) is 34.5 Å². The van der Waals surface area contributed by atoms with Crippen molar-refractivity contribution in [2.75, 3.05) is 13.2 Å². The first-order valence-electron chi connectivity index (χ1n) is 15.1. The van der Waals surface area contributed by atoms with Gasteiger partial charge in [-0.25, -0.2) is 0 Å². The van der Waals surface area contributed by atoms with E-state index in [-0.39, 0.29) is 47.4 Å². The highest BCUT2D eigenvalue weighted by molar-refractivity contribution is 5.96. The zero-order chi connectivity index (χ0) is 28.0. The second kappa shape index (κ2) is 10.8. The van der Waals surface area contributed by atoms with Crippen molar-refractivity contribution in [2.45, 2.75) is 116 Å². The Balaban J connectivity index is 1.18. The van der Waals surface area contributed by atoms with Crippen molar-refractivity contribution in [1.29, 1.82) is 0 Å². The van der Waals surface area contributed by atoms with Crippen molar-refractivity contribution in [2.24, 2.45) is 39.7 Å². The molecule has 0 aromatic rings. The van der Waals surface area contributed by atoms with Crippen LogP contribution >= 0.6 is 0 Å². The highest BCUT2D eigenvalue weighted by atomic mass is 16.6. The Hall–Kier alpha value is -1.93. The molecule has 1 aliphatic heterocycles. The molecule has 0 spiro atoms. The fourth-order valence-corrected chi connectivity index (χ4v) is 9.18. The molecule has 218 valence electrons. The van der Waals surface area contributed by atoms with Gasteiger partial charge in [0, 0.05) is 12.6 Å². The third-order valence-corrected chi connectivity index (χ3v) is 11.3. The fraction of sp³-hybridized carbons (Fsp3) is 0.839. The van der Waals surface area contributed by atoms with Crippen molar-refractivity contribution >= 4 is 17.6 Å². The Morgan fingerprint density at radius 2 is 1.90 bits per heavy atom. The number of hydrogen-bond acceptors (Lipinski definition) is 6. The van der Waals surface area contributed by atoms with Gasteiger partial charge in [-0.1, -0.05) is 24.6 Å². The Labute approximate surface area is 233 Å². The lowest BCUT2D eigenvalue weighted by molar-refractivity contribution is -0.139. The molecule has 1 heterocycles. The van der Waals surface area contributed by atoms with Crippen LogP contribution in [0.2, 0.25) is 0 Å². The zero-order valence-corrected chi connectivity index (χ0v) is 24.2. The summed E-state index contributed by atoms with van der Waals surface area (Å²) in [5.74, 6) is 0.772. The number of aliphatic hydroxyl groups is 1. The largest absolute Gasteiger partial charge is 0.481 e. The first-order valence-corrected chi connectivity index (χ1v) is 15.1. The summed E-state index contributed by atoms with van der Waals surface area (Å²) >= 11 is 0. The van der Waals surface area contributed by atoms with Gasteiger partial charge in [0.15, 0.2) is 6.61 Å². The molecule has 0 aromatic heterocycles. The van der Waals surface area contributed by atoms with E-state index in [1.807, 2.05) is 13.8 Å². The van der Waals surface area contributed by atoms with Gasteiger partial charge in [0.2, 0.25) is 0 Å². The normalized spacial score (nSPS) is 41.0. The van der Waals surface area contributed by atoms with Gasteiger partial charge in [-0.2, -0.15) is 0 Å². The summed E-state index contributed by atoms with van der Waals surface area (Å²) in [5, 5.41) is 27.3. The number of fused-ring (bicyclic) bond motifs is 5. The number of rotatable bonds is 7. The molecule has 39 heavy (non-hydrogen) atoms. The van der Waals surface area contributed by atoms with Crippen molar-refractivity contribution in [3.05, 3.63) is 11.6 Å². The maximum absolute atomic E-state index is 12.7. The third-order valence-electron chi connectivity index (χ3n) is 11.3. The Morgan fingerprint density at radius 1 is 1.10 bits per heavy atom. The molecule has 4 fully saturated rings. The molecule has 0 unspecified atom stereocenters. The number of amides is 1. The monoisotopic (exact) mass is 544 g/mol. The van der Waals surface area contributed by atoms with E-state index in [0.717, 1.165) is 50.7 Å². The van der Waals surface area contributed by atoms with Gasteiger partial charge in [0.25, 0.3) is 5.91 Å². The highest BCUT2D eigenvalue weighted by Gasteiger charge is 2.58. The minimum Gasteiger partial charge on any atom is -0.481 e. The van der Waals surface area contributed by atoms with Gasteiger partial charge in [0.1, 0.15) is 0 Å². The molecule has 0 radical (unpaired) electrons. The summed E-state index contributed by atoms with van der Waals surface area (Å²) in [7, 11) is 0. The number of carboxylic acids is 1. The molecule has 4 aliphatic carbocycles. The second-order valence-corrected chi connectivity index (χ2v) is 14.1. The third kappa shape index (κ3) is 5.65. The molecule has 5 aliphatic rings. The van der Waals surface area contributed by atoms with E-state index in [0.29, 0.717) is 30.8 Å². The molecular formula is C31H48N2O6. The Bertz CT molecular complexity index is 1020. The van der Waals surface area contributed by atoms with E-state index < -0.39 is 12.0 Å². The smallest absolute Gasteiger partial charge is 0.305 e. The van der Waals surface area contributed by atoms with Crippen molar-refractivity contribution in [1.82, 2.24) is 5.32 Å². The molecule has 0 bridgehead atoms. The number of aliphatic carboxylic acids is 1. The van der Waals surface area contributed by atoms with Crippen molar-refractivity contribution in [3.8, 4) is 0 Å². The summed E-state index contributed by atoms with van der Waals surface area (Å²) in [5.41, 5.74) is 2.30. The molecule has 1 saturated heterocycles. The van der Waals surface area contributed by atoms with Crippen molar-refractivity contribution in [3.63, 3.8) is 0 Å². The van der Waals surface area contributed by atoms with E-state index in [1.54, 1.807) is 0 Å². The first-order chi connectivity index (χ1) is 18.4. The molecule has 8 heteroatoms. The minimum atomic E-state index is -0.927. The summed E-state index contributed by atoms with van der Waals surface area (Å²) < 4.78 is 5.77. The predicted molar refractivity (Wildman–Crippen MR) is 148 cm³/mol. The van der Waals surface area contributed by atoms with Crippen LogP contribution in [-0.4, -0.2) is 58.8 Å². The number of nitrogens with zero attached hydrogens (tertiary/aromatic N) is 1. The zero-order valence-electron chi connectivity index (χ0n) is 24.2. The molecular weight excluding hydrogens is 496 g/mol. The van der Waals surface area contributed by atoms with Crippen LogP contribution in [0.4, 0.5) is 0 Å². The van der Waals surface area contributed by atoms with Crippen LogP contribution in [0.15, 0.2) is 16.8 Å². The highest BCUT2D eigenvalue weighted by Crippen LogP contribution is 2.65. The molecule has 3 saturated carbocycles. The van der Waals surface area contributed by atoms with E-state index >= 15 is 0 Å². The van der Waals surface area contributed by atoms with E-state index in [4.69, 9.17) is 9.57 Å². The topological polar surface area (TPSA) is 117 Å². The van der Waals surface area contributed by atoms with Gasteiger partial charge in [0.05, 0.1) is 23.8 Å². The van der Waals surface area contributed by atoms with Crippen molar-refractivity contribution < 1.29 is 29.4 Å². The SMILES string of the molecule is CC1(C)C[C@H]([C@H](CC(=O)O)NC(=O)CO/N=C2/C=C3CC[C@@H]4[C@@H](CC[C@]5(C)[C@@H](O)CC[C@@H]45)[C@@]3(C)CC2)CCO1. The Kier molecular flexibility index (Phi) is 7.92. The maximum Gasteiger partial charge on any atom is 0.305 e. The Morgan fingerprint density at radius 3 is 2.64 bits per heavy atom. The number of carbonyl (C=O) groups excluding carboxylic acids is 1. The molecule has 8 atom stereocenters. The number of aliphatic hydroxyl groups excluding tert-OH is 1. The number of ether oxygens (including phenoxy) is 1. The van der Waals surface area contributed by atoms with Crippen LogP contribution < -0.4 is 5.32 Å². The lowest BCUT2D eigenvalue weighted by Gasteiger charge is -2.57. The van der Waals surface area contributed by atoms with E-state index in [9.17, 15) is 19.8 Å². The number of hydrogen-bond donors (Lipinski definition) is 3. The fourth-order valence-electron chi connectivity index (χ4n) is 9.18. The first kappa shape index (κ1) is 28.6. The number of allylic oxidation sites excluding steroid dienone is 2. The number of carbonyl (C=O) groups is 2. The van der Waals surface area contributed by atoms with Gasteiger partial charge >= 0.3 is 5.97 Å². The molecule has 5 rings (SSSR count). The number of nitrogens with one attached hydrogen (secondary N) is 1. The average molecular weight is 545 g/mol. The molecule has 3 N–H and O–H groups in total. The maximum atomic E-state index is 12.7. The summed E-state index contributed by atoms with van der Waals surface area (Å²) in [6.07, 6.45) is 11.9. The minimum absolute atomic E-state index is 0.0427. The lowest BCUT2D eigenvalue weighted by Crippen LogP contribution is -2.51. The lowest BCUT2D eigenvalue weighted by atomic mass is 9.47. The van der Waals surface area contributed by atoms with Crippen LogP contribution in [0.1, 0.15) is 98.3 Å². The van der Waals surface area contributed by atoms with Gasteiger partial charge in [-0.15, -0.1) is 0 Å². The summed E-state index contributed by atoms with van der Waals surface area (Å²) in [6.45, 7) is 9.10. The summed E-state index contributed by atoms with van der Waals surface area (Å²) in [6, 6.07) is -0.458. The van der Waals surface area contributed by atoms with Crippen LogP contribution in [0.25, 0.3) is 0 Å². The van der Waals surface area contributed by atoms with Crippen LogP contribution in [0.3, 0.4) is 0 Å². The van der Waals surface area contributed by atoms with Gasteiger partial charge in [-0.05, 0) is 119 Å². The van der Waals surface area contributed by atoms with E-state index in [1.165, 1.54) is 18.4 Å². The number of carboxylic acid groups (broad SMARTS) is 1. The van der Waals surface area contributed by atoms with Crippen LogP contribution in [-0.2, 0) is 19.2 Å². The molecule has 0 aromatic carbocycles. The second-order valence-electron chi connectivity index (χ2n) is 14.1. The quantitative estimate of drug-likeness (QED) is 0.395.